The summed E-state index contributed by atoms with van der Waals surface area (Å²) in [5.74, 6) is 1.36. The van der Waals surface area contributed by atoms with Gasteiger partial charge in [0.15, 0.2) is 0 Å². The van der Waals surface area contributed by atoms with E-state index in [0.717, 1.165) is 5.56 Å². The van der Waals surface area contributed by atoms with Crippen LogP contribution in [0.4, 0.5) is 0 Å². The first-order chi connectivity index (χ1) is 10.1. The third kappa shape index (κ3) is 3.25. The average Bonchev–Trinajstić information content (AvgIpc) is 2.51. The molecule has 0 saturated heterocycles. The summed E-state index contributed by atoms with van der Waals surface area (Å²) < 4.78 is 12.1. The predicted octanol–water partition coefficient (Wildman–Crippen LogP) is 1.87. The molecule has 0 spiro atoms. The molecule has 21 heavy (non-hydrogen) atoms. The molecule has 5 heteroatoms. The van der Waals surface area contributed by atoms with Gasteiger partial charge in [-0.3, -0.25) is 4.79 Å². The first-order valence-electron chi connectivity index (χ1n) is 6.70. The Labute approximate surface area is 123 Å². The molecule has 0 aliphatic heterocycles. The first kappa shape index (κ1) is 15.1. The van der Waals surface area contributed by atoms with Crippen molar-refractivity contribution in [3.8, 4) is 11.5 Å². The zero-order chi connectivity index (χ0) is 15.4. The van der Waals surface area contributed by atoms with E-state index in [1.165, 1.54) is 0 Å². The minimum absolute atomic E-state index is 0.0274. The number of nitrogens with two attached hydrogens (primary N) is 1. The predicted molar refractivity (Wildman–Crippen MR) is 81.9 cm³/mol. The minimum Gasteiger partial charge on any atom is -0.497 e. The van der Waals surface area contributed by atoms with E-state index in [-0.39, 0.29) is 11.6 Å². The maximum Gasteiger partial charge on any atom is 0.253 e. The zero-order valence-electron chi connectivity index (χ0n) is 12.5. The maximum absolute atomic E-state index is 12.0. The van der Waals surface area contributed by atoms with Crippen LogP contribution in [0.15, 0.2) is 41.3 Å². The fourth-order valence-corrected chi connectivity index (χ4v) is 2.24. The first-order valence-corrected chi connectivity index (χ1v) is 6.70. The highest BCUT2D eigenvalue weighted by Crippen LogP contribution is 2.28. The number of aromatic nitrogens is 1. The van der Waals surface area contributed by atoms with Crippen LogP contribution in [0.3, 0.4) is 0 Å². The molecule has 5 nitrogen and oxygen atoms in total. The number of aryl methyl sites for hydroxylation is 1. The lowest BCUT2D eigenvalue weighted by Crippen LogP contribution is -2.27. The molecule has 1 unspecified atom stereocenters. The van der Waals surface area contributed by atoms with E-state index in [0.29, 0.717) is 23.6 Å². The zero-order valence-corrected chi connectivity index (χ0v) is 12.5. The monoisotopic (exact) mass is 288 g/mol. The van der Waals surface area contributed by atoms with Gasteiger partial charge in [0.2, 0.25) is 0 Å². The van der Waals surface area contributed by atoms with Gasteiger partial charge in [0.25, 0.3) is 5.56 Å². The molecule has 1 aromatic heterocycles. The average molecular weight is 288 g/mol. The maximum atomic E-state index is 12.0. The molecule has 2 N–H and O–H groups in total. The summed E-state index contributed by atoms with van der Waals surface area (Å²) >= 11 is 0. The molecule has 0 aliphatic carbocycles. The molecular weight excluding hydrogens is 268 g/mol. The lowest BCUT2D eigenvalue weighted by atomic mass is 10.1. The molecular formula is C16H20N2O3. The van der Waals surface area contributed by atoms with Gasteiger partial charge in [-0.15, -0.1) is 0 Å². The Kier molecular flexibility index (Phi) is 4.65. The van der Waals surface area contributed by atoms with Gasteiger partial charge in [0.05, 0.1) is 20.3 Å². The number of methoxy groups -OCH3 is 2. The molecule has 1 heterocycles. The smallest absolute Gasteiger partial charge is 0.253 e. The van der Waals surface area contributed by atoms with Gasteiger partial charge < -0.3 is 19.8 Å². The van der Waals surface area contributed by atoms with E-state index in [9.17, 15) is 4.79 Å². The topological polar surface area (TPSA) is 66.5 Å². The van der Waals surface area contributed by atoms with Crippen LogP contribution in [-0.4, -0.2) is 18.8 Å². The Hall–Kier alpha value is -2.27. The molecule has 1 atom stereocenters. The number of hydrogen-bond donors (Lipinski definition) is 1. The Morgan fingerprint density at radius 1 is 1.24 bits per heavy atom. The molecule has 112 valence electrons. The van der Waals surface area contributed by atoms with Crippen molar-refractivity contribution in [1.29, 1.82) is 0 Å². The van der Waals surface area contributed by atoms with E-state index >= 15 is 0 Å². The van der Waals surface area contributed by atoms with Crippen LogP contribution >= 0.6 is 0 Å². The van der Waals surface area contributed by atoms with Crippen LogP contribution in [0.1, 0.15) is 17.2 Å². The SMILES string of the molecule is COc1ccc(C(N)Cn2cccc(C)c2=O)c(OC)c1. The van der Waals surface area contributed by atoms with Crippen LogP contribution < -0.4 is 20.8 Å². The van der Waals surface area contributed by atoms with E-state index in [1.807, 2.05) is 18.2 Å². The summed E-state index contributed by atoms with van der Waals surface area (Å²) in [5, 5.41) is 0. The highest BCUT2D eigenvalue weighted by molar-refractivity contribution is 5.42. The molecule has 0 radical (unpaired) electrons. The third-order valence-corrected chi connectivity index (χ3v) is 3.44. The minimum atomic E-state index is -0.342. The van der Waals surface area contributed by atoms with E-state index in [2.05, 4.69) is 0 Å². The van der Waals surface area contributed by atoms with Crippen molar-refractivity contribution in [2.45, 2.75) is 19.5 Å². The van der Waals surface area contributed by atoms with Gasteiger partial charge in [0.1, 0.15) is 11.5 Å². The largest absolute Gasteiger partial charge is 0.497 e. The second-order valence-corrected chi connectivity index (χ2v) is 4.86. The Balaban J connectivity index is 2.30. The molecule has 1 aromatic carbocycles. The van der Waals surface area contributed by atoms with Crippen LogP contribution in [-0.2, 0) is 6.54 Å². The third-order valence-electron chi connectivity index (χ3n) is 3.44. The van der Waals surface area contributed by atoms with Gasteiger partial charge in [0, 0.05) is 29.9 Å². The van der Waals surface area contributed by atoms with Crippen LogP contribution in [0, 0.1) is 6.92 Å². The fraction of sp³-hybridized carbons (Fsp3) is 0.312. The quantitative estimate of drug-likeness (QED) is 0.912. The van der Waals surface area contributed by atoms with E-state index in [4.69, 9.17) is 15.2 Å². The lowest BCUT2D eigenvalue weighted by molar-refractivity contribution is 0.386. The molecule has 0 amide bonds. The van der Waals surface area contributed by atoms with E-state index in [1.54, 1.807) is 44.0 Å². The standard InChI is InChI=1S/C16H20N2O3/c1-11-5-4-8-18(16(11)19)10-14(17)13-7-6-12(20-2)9-15(13)21-3/h4-9,14H,10,17H2,1-3H3. The highest BCUT2D eigenvalue weighted by atomic mass is 16.5. The lowest BCUT2D eigenvalue weighted by Gasteiger charge is -2.18. The van der Waals surface area contributed by atoms with Crippen molar-refractivity contribution < 1.29 is 9.47 Å². The van der Waals surface area contributed by atoms with Crippen molar-refractivity contribution in [1.82, 2.24) is 4.57 Å². The molecule has 0 aliphatic rings. The Morgan fingerprint density at radius 2 is 2.00 bits per heavy atom. The second-order valence-electron chi connectivity index (χ2n) is 4.86. The van der Waals surface area contributed by atoms with Crippen molar-refractivity contribution in [3.63, 3.8) is 0 Å². The fourth-order valence-electron chi connectivity index (χ4n) is 2.24. The molecule has 0 bridgehead atoms. The van der Waals surface area contributed by atoms with Crippen LogP contribution in [0.5, 0.6) is 11.5 Å². The van der Waals surface area contributed by atoms with Gasteiger partial charge in [-0.25, -0.2) is 0 Å². The number of ether oxygens (including phenoxy) is 2. The van der Waals surface area contributed by atoms with Crippen molar-refractivity contribution in [2.75, 3.05) is 14.2 Å². The second kappa shape index (κ2) is 6.45. The van der Waals surface area contributed by atoms with Gasteiger partial charge >= 0.3 is 0 Å². The number of pyridine rings is 1. The molecule has 0 saturated carbocycles. The molecule has 2 aromatic rings. The summed E-state index contributed by atoms with van der Waals surface area (Å²) in [6, 6.07) is 8.77. The number of rotatable bonds is 5. The summed E-state index contributed by atoms with van der Waals surface area (Å²) in [6.45, 7) is 2.18. The van der Waals surface area contributed by atoms with E-state index < -0.39 is 0 Å². The number of benzene rings is 1. The van der Waals surface area contributed by atoms with Crippen molar-refractivity contribution >= 4 is 0 Å². The van der Waals surface area contributed by atoms with Crippen LogP contribution in [0.2, 0.25) is 0 Å². The Bertz CT molecular complexity index is 679. The van der Waals surface area contributed by atoms with Crippen molar-refractivity contribution in [2.24, 2.45) is 5.73 Å². The summed E-state index contributed by atoms with van der Waals surface area (Å²) in [6.07, 6.45) is 1.74. The molecule has 2 rings (SSSR count). The van der Waals surface area contributed by atoms with Gasteiger partial charge in [-0.2, -0.15) is 0 Å². The Morgan fingerprint density at radius 3 is 2.67 bits per heavy atom. The van der Waals surface area contributed by atoms with Gasteiger partial charge in [-0.1, -0.05) is 12.1 Å². The van der Waals surface area contributed by atoms with Crippen LogP contribution in [0.25, 0.3) is 0 Å². The van der Waals surface area contributed by atoms with Crippen molar-refractivity contribution in [3.05, 3.63) is 58.0 Å². The summed E-state index contributed by atoms with van der Waals surface area (Å²) in [7, 11) is 3.19. The normalized spacial score (nSPS) is 12.0. The summed E-state index contributed by atoms with van der Waals surface area (Å²) in [4.78, 5) is 12.0. The highest BCUT2D eigenvalue weighted by Gasteiger charge is 2.14. The number of nitrogens with zero attached hydrogens (tertiary/aromatic N) is 1. The summed E-state index contributed by atoms with van der Waals surface area (Å²) in [5.41, 5.74) is 7.75. The molecule has 0 fully saturated rings. The van der Waals surface area contributed by atoms with Gasteiger partial charge in [-0.05, 0) is 19.1 Å². The number of hydrogen-bond acceptors (Lipinski definition) is 4.